The zero-order valence-electron chi connectivity index (χ0n) is 6.95. The van der Waals surface area contributed by atoms with Gasteiger partial charge in [0.15, 0.2) is 0 Å². The lowest BCUT2D eigenvalue weighted by Crippen LogP contribution is -2.32. The van der Waals surface area contributed by atoms with Crippen molar-refractivity contribution in [3.05, 3.63) is 34.9 Å². The third-order valence-electron chi connectivity index (χ3n) is 1.78. The standard InChI is InChI=1S/C9H9BrF2O/c1-3-8-7(6(2)10)4-13-5-9(8,11)12/h3H,1-2,4-5H2. The van der Waals surface area contributed by atoms with Crippen LogP contribution >= 0.6 is 15.9 Å². The summed E-state index contributed by atoms with van der Waals surface area (Å²) < 4.78 is 31.5. The molecule has 0 bridgehead atoms. The highest BCUT2D eigenvalue weighted by Gasteiger charge is 2.38. The summed E-state index contributed by atoms with van der Waals surface area (Å²) in [5.74, 6) is -2.95. The van der Waals surface area contributed by atoms with Crippen LogP contribution in [0, 0.1) is 0 Å². The molecule has 1 heterocycles. The van der Waals surface area contributed by atoms with Gasteiger partial charge in [0.1, 0.15) is 6.61 Å². The van der Waals surface area contributed by atoms with E-state index in [-0.39, 0.29) is 12.2 Å². The Bertz CT molecular complexity index is 281. The first kappa shape index (κ1) is 10.6. The number of hydrogen-bond donors (Lipinski definition) is 0. The Kier molecular flexibility index (Phi) is 3.03. The van der Waals surface area contributed by atoms with Gasteiger partial charge >= 0.3 is 0 Å². The van der Waals surface area contributed by atoms with E-state index in [2.05, 4.69) is 29.1 Å². The Morgan fingerprint density at radius 2 is 2.23 bits per heavy atom. The van der Waals surface area contributed by atoms with Crippen LogP contribution in [0.2, 0.25) is 0 Å². The average molecular weight is 251 g/mol. The summed E-state index contributed by atoms with van der Waals surface area (Å²) in [5, 5.41) is 0. The maximum atomic E-state index is 13.2. The molecule has 0 aromatic carbocycles. The predicted octanol–water partition coefficient (Wildman–Crippen LogP) is 3.04. The van der Waals surface area contributed by atoms with E-state index in [4.69, 9.17) is 4.74 Å². The maximum Gasteiger partial charge on any atom is 0.296 e. The van der Waals surface area contributed by atoms with Crippen LogP contribution in [0.5, 0.6) is 0 Å². The third-order valence-corrected chi connectivity index (χ3v) is 2.26. The monoisotopic (exact) mass is 250 g/mol. The van der Waals surface area contributed by atoms with E-state index in [1.807, 2.05) is 0 Å². The van der Waals surface area contributed by atoms with Crippen molar-refractivity contribution in [3.8, 4) is 0 Å². The molecule has 1 aliphatic heterocycles. The molecular weight excluding hydrogens is 242 g/mol. The Labute approximate surface area is 83.9 Å². The molecule has 0 aromatic heterocycles. The number of halogens is 3. The molecule has 0 saturated carbocycles. The predicted molar refractivity (Wildman–Crippen MR) is 51.1 cm³/mol. The molecule has 0 spiro atoms. The molecule has 0 N–H and O–H groups in total. The van der Waals surface area contributed by atoms with Crippen LogP contribution in [-0.2, 0) is 4.74 Å². The molecule has 0 aromatic rings. The van der Waals surface area contributed by atoms with Crippen LogP contribution in [0.1, 0.15) is 0 Å². The van der Waals surface area contributed by atoms with Crippen molar-refractivity contribution in [3.63, 3.8) is 0 Å². The fourth-order valence-corrected chi connectivity index (χ4v) is 1.48. The number of allylic oxidation sites excluding steroid dienone is 1. The van der Waals surface area contributed by atoms with Crippen molar-refractivity contribution in [1.29, 1.82) is 0 Å². The molecule has 0 amide bonds. The summed E-state index contributed by atoms with van der Waals surface area (Å²) >= 11 is 3.06. The van der Waals surface area contributed by atoms with E-state index in [0.717, 1.165) is 6.08 Å². The SMILES string of the molecule is C=CC1=C(C(=C)Br)COCC1(F)F. The van der Waals surface area contributed by atoms with Crippen molar-refractivity contribution >= 4 is 15.9 Å². The van der Waals surface area contributed by atoms with Gasteiger partial charge in [-0.05, 0) is 0 Å². The van der Waals surface area contributed by atoms with Crippen molar-refractivity contribution in [2.45, 2.75) is 5.92 Å². The summed E-state index contributed by atoms with van der Waals surface area (Å²) in [6, 6.07) is 0. The molecular formula is C9H9BrF2O. The minimum absolute atomic E-state index is 0.0966. The van der Waals surface area contributed by atoms with Gasteiger partial charge < -0.3 is 4.74 Å². The normalized spacial score (nSPS) is 21.5. The van der Waals surface area contributed by atoms with Gasteiger partial charge in [-0.1, -0.05) is 35.2 Å². The van der Waals surface area contributed by atoms with Gasteiger partial charge in [-0.25, -0.2) is 0 Å². The first-order valence-electron chi connectivity index (χ1n) is 3.65. The zero-order valence-corrected chi connectivity index (χ0v) is 8.53. The summed E-state index contributed by atoms with van der Waals surface area (Å²) in [5.41, 5.74) is 0.284. The molecule has 0 radical (unpaired) electrons. The topological polar surface area (TPSA) is 9.23 Å². The molecule has 0 unspecified atom stereocenters. The van der Waals surface area contributed by atoms with Crippen molar-refractivity contribution < 1.29 is 13.5 Å². The van der Waals surface area contributed by atoms with Gasteiger partial charge in [-0.2, -0.15) is 8.78 Å². The van der Waals surface area contributed by atoms with E-state index in [1.54, 1.807) is 0 Å². The number of alkyl halides is 2. The second kappa shape index (κ2) is 3.72. The Morgan fingerprint density at radius 3 is 2.62 bits per heavy atom. The molecule has 72 valence electrons. The van der Waals surface area contributed by atoms with Crippen molar-refractivity contribution in [2.24, 2.45) is 0 Å². The van der Waals surface area contributed by atoms with Crippen LogP contribution < -0.4 is 0 Å². The van der Waals surface area contributed by atoms with E-state index in [9.17, 15) is 8.78 Å². The van der Waals surface area contributed by atoms with Gasteiger partial charge in [-0.3, -0.25) is 0 Å². The lowest BCUT2D eigenvalue weighted by Gasteiger charge is -2.26. The van der Waals surface area contributed by atoms with E-state index in [1.165, 1.54) is 0 Å². The molecule has 13 heavy (non-hydrogen) atoms. The van der Waals surface area contributed by atoms with E-state index in [0.29, 0.717) is 10.1 Å². The fraction of sp³-hybridized carbons (Fsp3) is 0.333. The molecule has 4 heteroatoms. The van der Waals surface area contributed by atoms with Crippen molar-refractivity contribution in [1.82, 2.24) is 0 Å². The molecule has 1 rings (SSSR count). The Balaban J connectivity index is 3.17. The highest BCUT2D eigenvalue weighted by molar-refractivity contribution is 9.11. The summed E-state index contributed by atoms with van der Waals surface area (Å²) in [4.78, 5) is 0. The summed E-state index contributed by atoms with van der Waals surface area (Å²) in [6.45, 7) is 6.47. The molecule has 0 atom stereocenters. The van der Waals surface area contributed by atoms with Gasteiger partial charge in [0, 0.05) is 15.6 Å². The third kappa shape index (κ3) is 2.06. The highest BCUT2D eigenvalue weighted by atomic mass is 79.9. The van der Waals surface area contributed by atoms with E-state index < -0.39 is 12.5 Å². The van der Waals surface area contributed by atoms with Crippen molar-refractivity contribution in [2.75, 3.05) is 13.2 Å². The first-order chi connectivity index (χ1) is 5.99. The van der Waals surface area contributed by atoms with Gasteiger partial charge in [0.05, 0.1) is 6.61 Å². The van der Waals surface area contributed by atoms with Crippen LogP contribution in [0.4, 0.5) is 8.78 Å². The average Bonchev–Trinajstić information content (AvgIpc) is 2.02. The molecule has 0 saturated heterocycles. The largest absolute Gasteiger partial charge is 0.370 e. The zero-order chi connectivity index (χ0) is 10.1. The highest BCUT2D eigenvalue weighted by Crippen LogP contribution is 2.35. The minimum atomic E-state index is -2.95. The fourth-order valence-electron chi connectivity index (χ4n) is 1.15. The smallest absolute Gasteiger partial charge is 0.296 e. The Morgan fingerprint density at radius 1 is 1.62 bits per heavy atom. The molecule has 1 nitrogen and oxygen atoms in total. The van der Waals surface area contributed by atoms with Gasteiger partial charge in [0.2, 0.25) is 0 Å². The van der Waals surface area contributed by atoms with Gasteiger partial charge in [-0.15, -0.1) is 0 Å². The number of rotatable bonds is 2. The first-order valence-corrected chi connectivity index (χ1v) is 4.44. The minimum Gasteiger partial charge on any atom is -0.370 e. The quantitative estimate of drug-likeness (QED) is 0.732. The molecule has 0 aliphatic carbocycles. The van der Waals surface area contributed by atoms with Gasteiger partial charge in [0.25, 0.3) is 5.92 Å². The summed E-state index contributed by atoms with van der Waals surface area (Å²) in [7, 11) is 0. The summed E-state index contributed by atoms with van der Waals surface area (Å²) in [6.07, 6.45) is 1.16. The van der Waals surface area contributed by atoms with E-state index >= 15 is 0 Å². The Hall–Kier alpha value is -0.480. The van der Waals surface area contributed by atoms with Crippen LogP contribution in [0.3, 0.4) is 0 Å². The molecule has 0 fully saturated rings. The van der Waals surface area contributed by atoms with Crippen LogP contribution in [0.15, 0.2) is 34.9 Å². The maximum absolute atomic E-state index is 13.2. The lowest BCUT2D eigenvalue weighted by molar-refractivity contribution is -0.0535. The number of ether oxygens (including phenoxy) is 1. The van der Waals surface area contributed by atoms with Crippen LogP contribution in [0.25, 0.3) is 0 Å². The molecule has 1 aliphatic rings. The number of hydrogen-bond acceptors (Lipinski definition) is 1. The second-order valence-electron chi connectivity index (χ2n) is 2.70. The lowest BCUT2D eigenvalue weighted by atomic mass is 10.0. The second-order valence-corrected chi connectivity index (χ2v) is 3.66. The van der Waals surface area contributed by atoms with Crippen LogP contribution in [-0.4, -0.2) is 19.1 Å².